The molecule has 1 aliphatic heterocycles. The van der Waals surface area contributed by atoms with Crippen LogP contribution in [0.15, 0.2) is 0 Å². The number of amides is 2. The molecule has 1 atom stereocenters. The molecule has 1 aromatic rings. The molecule has 0 spiro atoms. The van der Waals surface area contributed by atoms with Gasteiger partial charge in [-0.2, -0.15) is 0 Å². The number of nitrogens with zero attached hydrogens (tertiary/aromatic N) is 3. The van der Waals surface area contributed by atoms with Gasteiger partial charge in [0.2, 0.25) is 16.9 Å². The average molecular weight is 338 g/mol. The number of anilines is 1. The number of nitrogens with one attached hydrogen (secondary N) is 1. The molecule has 0 saturated carbocycles. The molecular weight excluding hydrogens is 312 g/mol. The number of piperidine rings is 1. The molecule has 0 aliphatic carbocycles. The molecule has 128 valence electrons. The van der Waals surface area contributed by atoms with Crippen LogP contribution < -0.4 is 5.32 Å². The van der Waals surface area contributed by atoms with Crippen molar-refractivity contribution in [3.63, 3.8) is 0 Å². The van der Waals surface area contributed by atoms with Crippen molar-refractivity contribution in [2.24, 2.45) is 11.3 Å². The van der Waals surface area contributed by atoms with E-state index in [1.807, 2.05) is 39.5 Å². The molecule has 1 aliphatic rings. The van der Waals surface area contributed by atoms with Gasteiger partial charge in [-0.3, -0.25) is 9.59 Å². The first-order valence-electron chi connectivity index (χ1n) is 8.12. The quantitative estimate of drug-likeness (QED) is 0.919. The van der Waals surface area contributed by atoms with Crippen molar-refractivity contribution in [2.75, 3.05) is 18.4 Å². The van der Waals surface area contributed by atoms with Crippen LogP contribution in [0.3, 0.4) is 0 Å². The van der Waals surface area contributed by atoms with E-state index in [1.165, 1.54) is 11.3 Å². The Kier molecular flexibility index (Phi) is 5.39. The number of carbonyl (C=O) groups excluding carboxylic acids is 2. The first kappa shape index (κ1) is 17.8. The van der Waals surface area contributed by atoms with Crippen molar-refractivity contribution in [3.8, 4) is 0 Å². The molecule has 2 amide bonds. The summed E-state index contributed by atoms with van der Waals surface area (Å²) in [6, 6.07) is 0. The van der Waals surface area contributed by atoms with Gasteiger partial charge in [0, 0.05) is 24.4 Å². The number of hydrogen-bond donors (Lipinski definition) is 1. The van der Waals surface area contributed by atoms with Crippen molar-refractivity contribution in [1.82, 2.24) is 15.1 Å². The maximum absolute atomic E-state index is 12.5. The van der Waals surface area contributed by atoms with Gasteiger partial charge in [0.15, 0.2) is 0 Å². The third kappa shape index (κ3) is 4.50. The summed E-state index contributed by atoms with van der Waals surface area (Å²) in [5, 5.41) is 12.4. The molecule has 23 heavy (non-hydrogen) atoms. The predicted molar refractivity (Wildman–Crippen MR) is 91.4 cm³/mol. The fourth-order valence-electron chi connectivity index (χ4n) is 2.58. The first-order chi connectivity index (χ1) is 10.7. The van der Waals surface area contributed by atoms with E-state index in [4.69, 9.17) is 0 Å². The Balaban J connectivity index is 1.97. The summed E-state index contributed by atoms with van der Waals surface area (Å²) in [4.78, 5) is 26.7. The van der Waals surface area contributed by atoms with Crippen LogP contribution >= 0.6 is 11.3 Å². The second kappa shape index (κ2) is 6.95. The lowest BCUT2D eigenvalue weighted by Gasteiger charge is -2.35. The number of likely N-dealkylation sites (tertiary alicyclic amines) is 1. The Morgan fingerprint density at radius 3 is 2.57 bits per heavy atom. The van der Waals surface area contributed by atoms with Gasteiger partial charge in [-0.15, -0.1) is 10.2 Å². The summed E-state index contributed by atoms with van der Waals surface area (Å²) in [5.41, 5.74) is -0.413. The molecule has 0 unspecified atom stereocenters. The van der Waals surface area contributed by atoms with Crippen molar-refractivity contribution in [1.29, 1.82) is 0 Å². The minimum Gasteiger partial charge on any atom is -0.341 e. The van der Waals surface area contributed by atoms with Gasteiger partial charge in [0.1, 0.15) is 5.01 Å². The largest absolute Gasteiger partial charge is 0.341 e. The zero-order valence-corrected chi connectivity index (χ0v) is 15.4. The molecule has 2 rings (SSSR count). The topological polar surface area (TPSA) is 75.2 Å². The van der Waals surface area contributed by atoms with E-state index in [0.717, 1.165) is 24.4 Å². The molecule has 1 saturated heterocycles. The number of rotatable bonds is 3. The lowest BCUT2D eigenvalue weighted by Crippen LogP contribution is -2.47. The average Bonchev–Trinajstić information content (AvgIpc) is 2.94. The molecule has 1 N–H and O–H groups in total. The predicted octanol–water partition coefficient (Wildman–Crippen LogP) is 2.88. The highest BCUT2D eigenvalue weighted by molar-refractivity contribution is 7.15. The van der Waals surface area contributed by atoms with E-state index in [0.29, 0.717) is 17.6 Å². The van der Waals surface area contributed by atoms with Gasteiger partial charge in [-0.1, -0.05) is 46.0 Å². The molecule has 0 bridgehead atoms. The van der Waals surface area contributed by atoms with Crippen molar-refractivity contribution in [2.45, 2.75) is 53.4 Å². The Hall–Kier alpha value is -1.50. The van der Waals surface area contributed by atoms with Crippen LogP contribution in [0.5, 0.6) is 0 Å². The molecule has 6 nitrogen and oxygen atoms in total. The van der Waals surface area contributed by atoms with Crippen LogP contribution in [-0.4, -0.2) is 40.0 Å². The Bertz CT molecular complexity index is 577. The van der Waals surface area contributed by atoms with Gasteiger partial charge in [0.25, 0.3) is 0 Å². The standard InChI is InChI=1S/C16H26N4O2S/c1-10(2)13-18-19-15(23-13)17-12(21)11-7-6-8-20(9-11)14(22)16(3,4)5/h10-11H,6-9H2,1-5H3,(H,17,19,21)/t11-/m0/s1. The maximum atomic E-state index is 12.5. The number of aromatic nitrogens is 2. The normalized spacial score (nSPS) is 19.0. The molecule has 0 radical (unpaired) electrons. The SMILES string of the molecule is CC(C)c1nnc(NC(=O)[C@H]2CCCN(C(=O)C(C)(C)C)C2)s1. The summed E-state index contributed by atoms with van der Waals surface area (Å²) in [7, 11) is 0. The highest BCUT2D eigenvalue weighted by Gasteiger charge is 2.33. The third-order valence-electron chi connectivity index (χ3n) is 3.89. The lowest BCUT2D eigenvalue weighted by molar-refractivity contribution is -0.142. The fourth-order valence-corrected chi connectivity index (χ4v) is 3.32. The van der Waals surface area contributed by atoms with Crippen LogP contribution in [0.2, 0.25) is 0 Å². The Morgan fingerprint density at radius 2 is 2.00 bits per heavy atom. The van der Waals surface area contributed by atoms with E-state index < -0.39 is 5.41 Å². The Labute approximate surface area is 141 Å². The minimum atomic E-state index is -0.413. The van der Waals surface area contributed by atoms with Crippen LogP contribution in [0.25, 0.3) is 0 Å². The van der Waals surface area contributed by atoms with E-state index in [1.54, 1.807) is 0 Å². The van der Waals surface area contributed by atoms with Gasteiger partial charge >= 0.3 is 0 Å². The van der Waals surface area contributed by atoms with E-state index in [2.05, 4.69) is 15.5 Å². The number of hydrogen-bond acceptors (Lipinski definition) is 5. The van der Waals surface area contributed by atoms with Crippen LogP contribution in [0.4, 0.5) is 5.13 Å². The fraction of sp³-hybridized carbons (Fsp3) is 0.750. The monoisotopic (exact) mass is 338 g/mol. The van der Waals surface area contributed by atoms with Crippen molar-refractivity contribution in [3.05, 3.63) is 5.01 Å². The van der Waals surface area contributed by atoms with E-state index in [-0.39, 0.29) is 17.7 Å². The molecular formula is C16H26N4O2S. The zero-order valence-electron chi connectivity index (χ0n) is 14.5. The van der Waals surface area contributed by atoms with Gasteiger partial charge in [-0.25, -0.2) is 0 Å². The summed E-state index contributed by atoms with van der Waals surface area (Å²) in [6.07, 6.45) is 1.66. The highest BCUT2D eigenvalue weighted by atomic mass is 32.1. The van der Waals surface area contributed by atoms with Crippen molar-refractivity contribution >= 4 is 28.3 Å². The lowest BCUT2D eigenvalue weighted by atomic mass is 9.91. The van der Waals surface area contributed by atoms with Gasteiger partial charge in [0.05, 0.1) is 5.92 Å². The summed E-state index contributed by atoms with van der Waals surface area (Å²) in [5.74, 6) is 0.157. The zero-order chi connectivity index (χ0) is 17.2. The number of carbonyl (C=O) groups is 2. The molecule has 1 aromatic heterocycles. The minimum absolute atomic E-state index is 0.0668. The van der Waals surface area contributed by atoms with Gasteiger partial charge < -0.3 is 10.2 Å². The second-order valence-electron chi connectivity index (χ2n) is 7.43. The van der Waals surface area contributed by atoms with Crippen molar-refractivity contribution < 1.29 is 9.59 Å². The summed E-state index contributed by atoms with van der Waals surface area (Å²) >= 11 is 1.41. The van der Waals surface area contributed by atoms with Crippen LogP contribution in [-0.2, 0) is 9.59 Å². The first-order valence-corrected chi connectivity index (χ1v) is 8.93. The molecule has 2 heterocycles. The summed E-state index contributed by atoms with van der Waals surface area (Å²) < 4.78 is 0. The van der Waals surface area contributed by atoms with Crippen LogP contribution in [0, 0.1) is 11.3 Å². The third-order valence-corrected chi connectivity index (χ3v) is 5.02. The molecule has 0 aromatic carbocycles. The van der Waals surface area contributed by atoms with E-state index in [9.17, 15) is 9.59 Å². The molecule has 1 fully saturated rings. The summed E-state index contributed by atoms with van der Waals surface area (Å²) in [6.45, 7) is 11.0. The Morgan fingerprint density at radius 1 is 1.30 bits per heavy atom. The maximum Gasteiger partial charge on any atom is 0.231 e. The van der Waals surface area contributed by atoms with Gasteiger partial charge in [-0.05, 0) is 12.8 Å². The molecule has 7 heteroatoms. The second-order valence-corrected chi connectivity index (χ2v) is 8.44. The highest BCUT2D eigenvalue weighted by Crippen LogP contribution is 2.26. The van der Waals surface area contributed by atoms with Crippen LogP contribution in [0.1, 0.15) is 58.4 Å². The van der Waals surface area contributed by atoms with E-state index >= 15 is 0 Å². The smallest absolute Gasteiger partial charge is 0.231 e.